The first-order valence-corrected chi connectivity index (χ1v) is 5.65. The van der Waals surface area contributed by atoms with E-state index in [1.807, 2.05) is 31.2 Å². The van der Waals surface area contributed by atoms with Crippen LogP contribution in [0.15, 0.2) is 41.2 Å². The molecule has 0 atom stereocenters. The van der Waals surface area contributed by atoms with E-state index in [2.05, 4.69) is 5.10 Å². The van der Waals surface area contributed by atoms with Crippen molar-refractivity contribution in [3.05, 3.63) is 46.8 Å². The molecule has 0 radical (unpaired) electrons. The van der Waals surface area contributed by atoms with Gasteiger partial charge in [-0.15, -0.1) is 0 Å². The van der Waals surface area contributed by atoms with Gasteiger partial charge in [0, 0.05) is 23.9 Å². The van der Waals surface area contributed by atoms with Crippen LogP contribution in [-0.4, -0.2) is 9.78 Å². The second-order valence-corrected chi connectivity index (χ2v) is 3.90. The van der Waals surface area contributed by atoms with Crippen LogP contribution in [0.4, 0.5) is 5.69 Å². The molecule has 0 bridgehead atoms. The molecule has 2 aromatic rings. The first-order valence-electron chi connectivity index (χ1n) is 5.65. The summed E-state index contributed by atoms with van der Waals surface area (Å²) >= 11 is 0. The quantitative estimate of drug-likeness (QED) is 0.818. The van der Waals surface area contributed by atoms with Crippen LogP contribution in [0.1, 0.15) is 13.3 Å². The normalized spacial score (nSPS) is 10.4. The molecule has 1 aromatic carbocycles. The van der Waals surface area contributed by atoms with E-state index in [1.54, 1.807) is 12.1 Å². The fourth-order valence-corrected chi connectivity index (χ4v) is 1.63. The van der Waals surface area contributed by atoms with Crippen LogP contribution in [0.25, 0.3) is 11.3 Å². The van der Waals surface area contributed by atoms with Gasteiger partial charge in [0.05, 0.1) is 5.69 Å². The lowest BCUT2D eigenvalue weighted by molar-refractivity contribution is 0.570. The van der Waals surface area contributed by atoms with Crippen molar-refractivity contribution in [1.29, 1.82) is 0 Å². The standard InChI is InChI=1S/C13H15N3O/c1-2-9-16-13(17)8-7-12(15-16)10-3-5-11(14)6-4-10/h3-8H,2,9,14H2,1H3. The van der Waals surface area contributed by atoms with Crippen LogP contribution in [0, 0.1) is 0 Å². The van der Waals surface area contributed by atoms with Crippen LogP contribution in [0.5, 0.6) is 0 Å². The minimum absolute atomic E-state index is 0.0638. The van der Waals surface area contributed by atoms with Crippen LogP contribution in [-0.2, 0) is 6.54 Å². The largest absolute Gasteiger partial charge is 0.399 e. The van der Waals surface area contributed by atoms with Gasteiger partial charge < -0.3 is 5.73 Å². The number of hydrogen-bond donors (Lipinski definition) is 1. The fraction of sp³-hybridized carbons (Fsp3) is 0.231. The topological polar surface area (TPSA) is 60.9 Å². The third kappa shape index (κ3) is 2.53. The molecular weight excluding hydrogens is 214 g/mol. The Morgan fingerprint density at radius 2 is 1.88 bits per heavy atom. The van der Waals surface area contributed by atoms with Crippen LogP contribution < -0.4 is 11.3 Å². The number of nitrogens with two attached hydrogens (primary N) is 1. The molecule has 0 unspecified atom stereocenters. The maximum Gasteiger partial charge on any atom is 0.266 e. The van der Waals surface area contributed by atoms with E-state index in [0.29, 0.717) is 6.54 Å². The molecule has 0 spiro atoms. The molecule has 4 heteroatoms. The van der Waals surface area contributed by atoms with Crippen molar-refractivity contribution in [2.24, 2.45) is 0 Å². The molecule has 2 rings (SSSR count). The Kier molecular flexibility index (Phi) is 3.23. The Bertz CT molecular complexity index is 558. The second kappa shape index (κ2) is 4.82. The number of aromatic nitrogens is 2. The molecule has 0 saturated carbocycles. The maximum absolute atomic E-state index is 11.5. The second-order valence-electron chi connectivity index (χ2n) is 3.90. The Balaban J connectivity index is 2.42. The number of anilines is 1. The van der Waals surface area contributed by atoms with Gasteiger partial charge >= 0.3 is 0 Å². The lowest BCUT2D eigenvalue weighted by Crippen LogP contribution is -2.21. The third-order valence-electron chi connectivity index (χ3n) is 2.51. The van der Waals surface area contributed by atoms with Crippen LogP contribution in [0.3, 0.4) is 0 Å². The number of aryl methyl sites for hydroxylation is 1. The van der Waals surface area contributed by atoms with Gasteiger partial charge in [0.25, 0.3) is 5.56 Å². The van der Waals surface area contributed by atoms with Gasteiger partial charge in [-0.3, -0.25) is 4.79 Å². The number of hydrogen-bond acceptors (Lipinski definition) is 3. The van der Waals surface area contributed by atoms with Crippen LogP contribution in [0.2, 0.25) is 0 Å². The molecule has 2 N–H and O–H groups in total. The SMILES string of the molecule is CCCn1nc(-c2ccc(N)cc2)ccc1=O. The van der Waals surface area contributed by atoms with Gasteiger partial charge in [-0.1, -0.05) is 19.1 Å². The molecule has 1 heterocycles. The van der Waals surface area contributed by atoms with Crippen molar-refractivity contribution in [1.82, 2.24) is 9.78 Å². The highest BCUT2D eigenvalue weighted by Crippen LogP contribution is 2.16. The Labute approximate surface area is 99.7 Å². The lowest BCUT2D eigenvalue weighted by Gasteiger charge is -2.05. The van der Waals surface area contributed by atoms with Gasteiger partial charge in [-0.2, -0.15) is 5.10 Å². The maximum atomic E-state index is 11.5. The zero-order valence-electron chi connectivity index (χ0n) is 9.76. The number of benzene rings is 1. The Morgan fingerprint density at radius 3 is 2.53 bits per heavy atom. The van der Waals surface area contributed by atoms with Crippen molar-refractivity contribution in [3.8, 4) is 11.3 Å². The third-order valence-corrected chi connectivity index (χ3v) is 2.51. The summed E-state index contributed by atoms with van der Waals surface area (Å²) in [6.07, 6.45) is 0.887. The van der Waals surface area contributed by atoms with Crippen molar-refractivity contribution >= 4 is 5.69 Å². The van der Waals surface area contributed by atoms with Crippen molar-refractivity contribution < 1.29 is 0 Å². The molecule has 0 fully saturated rings. The summed E-state index contributed by atoms with van der Waals surface area (Å²) in [7, 11) is 0. The highest BCUT2D eigenvalue weighted by Gasteiger charge is 2.02. The summed E-state index contributed by atoms with van der Waals surface area (Å²) in [6, 6.07) is 10.7. The molecule has 0 aliphatic carbocycles. The van der Waals surface area contributed by atoms with E-state index < -0.39 is 0 Å². The molecule has 1 aromatic heterocycles. The summed E-state index contributed by atoms with van der Waals surface area (Å²) in [5.74, 6) is 0. The first-order chi connectivity index (χ1) is 8.20. The van der Waals surface area contributed by atoms with E-state index >= 15 is 0 Å². The summed E-state index contributed by atoms with van der Waals surface area (Å²) in [5.41, 5.74) is 8.04. The van der Waals surface area contributed by atoms with E-state index in [-0.39, 0.29) is 5.56 Å². The summed E-state index contributed by atoms with van der Waals surface area (Å²) < 4.78 is 1.49. The first kappa shape index (κ1) is 11.4. The molecule has 0 aliphatic rings. The minimum atomic E-state index is -0.0638. The summed E-state index contributed by atoms with van der Waals surface area (Å²) in [6.45, 7) is 2.66. The monoisotopic (exact) mass is 229 g/mol. The van der Waals surface area contributed by atoms with Gasteiger partial charge in [-0.05, 0) is 24.6 Å². The Morgan fingerprint density at radius 1 is 1.18 bits per heavy atom. The number of nitrogen functional groups attached to an aromatic ring is 1. The fourth-order valence-electron chi connectivity index (χ4n) is 1.63. The molecule has 17 heavy (non-hydrogen) atoms. The minimum Gasteiger partial charge on any atom is -0.399 e. The van der Waals surface area contributed by atoms with Crippen molar-refractivity contribution in [2.45, 2.75) is 19.9 Å². The molecule has 4 nitrogen and oxygen atoms in total. The van der Waals surface area contributed by atoms with Crippen LogP contribution >= 0.6 is 0 Å². The number of rotatable bonds is 3. The lowest BCUT2D eigenvalue weighted by atomic mass is 10.1. The summed E-state index contributed by atoms with van der Waals surface area (Å²) in [5, 5.41) is 4.33. The smallest absolute Gasteiger partial charge is 0.266 e. The molecule has 88 valence electrons. The van der Waals surface area contributed by atoms with Gasteiger partial charge in [0.15, 0.2) is 0 Å². The molecular formula is C13H15N3O. The predicted octanol–water partition coefficient (Wildman–Crippen LogP) is 1.90. The highest BCUT2D eigenvalue weighted by molar-refractivity contribution is 5.61. The predicted molar refractivity (Wildman–Crippen MR) is 68.6 cm³/mol. The van der Waals surface area contributed by atoms with E-state index in [4.69, 9.17) is 5.73 Å². The van der Waals surface area contributed by atoms with E-state index in [9.17, 15) is 4.79 Å². The molecule has 0 aliphatic heterocycles. The average molecular weight is 229 g/mol. The zero-order chi connectivity index (χ0) is 12.3. The number of nitrogens with zero attached hydrogens (tertiary/aromatic N) is 2. The average Bonchev–Trinajstić information content (AvgIpc) is 2.33. The van der Waals surface area contributed by atoms with E-state index in [1.165, 1.54) is 4.68 Å². The van der Waals surface area contributed by atoms with Gasteiger partial charge in [-0.25, -0.2) is 4.68 Å². The highest BCUT2D eigenvalue weighted by atomic mass is 16.1. The van der Waals surface area contributed by atoms with Gasteiger partial charge in [0.2, 0.25) is 0 Å². The van der Waals surface area contributed by atoms with Crippen molar-refractivity contribution in [3.63, 3.8) is 0 Å². The van der Waals surface area contributed by atoms with Crippen molar-refractivity contribution in [2.75, 3.05) is 5.73 Å². The van der Waals surface area contributed by atoms with Gasteiger partial charge in [0.1, 0.15) is 0 Å². The van der Waals surface area contributed by atoms with E-state index in [0.717, 1.165) is 23.4 Å². The summed E-state index contributed by atoms with van der Waals surface area (Å²) in [4.78, 5) is 11.5. The Hall–Kier alpha value is -2.10. The molecule has 0 amide bonds. The molecule has 0 saturated heterocycles. The zero-order valence-corrected chi connectivity index (χ0v) is 9.76.